The molecular weight excluding hydrogens is 841 g/mol. The zero-order valence-corrected chi connectivity index (χ0v) is 44.3. The van der Waals surface area contributed by atoms with Crippen LogP contribution in [-0.2, 0) is 38.2 Å². The van der Waals surface area contributed by atoms with Crippen molar-refractivity contribution in [2.24, 2.45) is 97.1 Å². The molecule has 7 aliphatic carbocycles. The van der Waals surface area contributed by atoms with Crippen molar-refractivity contribution >= 4 is 29.7 Å². The minimum Gasteiger partial charge on any atom is -0.466 e. The third-order valence-corrected chi connectivity index (χ3v) is 22.9. The number of nitrogens with one attached hydrogen (secondary N) is 1. The van der Waals surface area contributed by atoms with Gasteiger partial charge in [0.1, 0.15) is 6.10 Å². The van der Waals surface area contributed by atoms with Gasteiger partial charge < -0.3 is 24.4 Å². The number of fused-ring (bicyclic) bond motifs is 7. The van der Waals surface area contributed by atoms with Crippen molar-refractivity contribution in [2.45, 2.75) is 205 Å². The predicted octanol–water partition coefficient (Wildman–Crippen LogP) is 11.0. The van der Waals surface area contributed by atoms with Crippen LogP contribution in [0.4, 0.5) is 0 Å². The average Bonchev–Trinajstić information content (AvgIpc) is 3.67. The molecule has 0 aromatic rings. The lowest BCUT2D eigenvalue weighted by Crippen LogP contribution is -2.69. The van der Waals surface area contributed by atoms with Gasteiger partial charge in [-0.3, -0.25) is 24.0 Å². The van der Waals surface area contributed by atoms with E-state index in [1.807, 2.05) is 25.7 Å². The molecule has 7 saturated carbocycles. The highest BCUT2D eigenvalue weighted by atomic mass is 16.5. The number of carbonyl (C=O) groups excluding carboxylic acids is 5. The number of ether oxygens (including phenoxy) is 3. The Labute approximate surface area is 405 Å². The number of hydrogen-bond acceptors (Lipinski definition) is 8. The smallest absolute Gasteiger partial charge is 0.309 e. The van der Waals surface area contributed by atoms with Gasteiger partial charge in [0.25, 0.3) is 0 Å². The fourth-order valence-corrected chi connectivity index (χ4v) is 18.0. The number of amides is 2. The summed E-state index contributed by atoms with van der Waals surface area (Å²) in [5.74, 6) is 1.97. The number of carbonyl (C=O) groups is 5. The lowest BCUT2D eigenvalue weighted by atomic mass is 9.32. The predicted molar refractivity (Wildman–Crippen MR) is 260 cm³/mol. The monoisotopic (exact) mass is 933 g/mol. The van der Waals surface area contributed by atoms with Gasteiger partial charge in [0.2, 0.25) is 11.8 Å². The van der Waals surface area contributed by atoms with Crippen LogP contribution in [0.5, 0.6) is 0 Å². The van der Waals surface area contributed by atoms with Crippen LogP contribution in [0, 0.1) is 97.1 Å². The molecule has 0 aromatic heterocycles. The van der Waals surface area contributed by atoms with Gasteiger partial charge in [-0.15, -0.1) is 0 Å². The number of likely N-dealkylation sites (tertiary alicyclic amines) is 1. The normalized spacial score (nSPS) is 42.6. The van der Waals surface area contributed by atoms with Gasteiger partial charge in [0.05, 0.1) is 36.4 Å². The number of nitrogens with zero attached hydrogens (tertiary/aromatic N) is 1. The van der Waals surface area contributed by atoms with Crippen LogP contribution in [0.1, 0.15) is 193 Å². The second-order valence-corrected chi connectivity index (χ2v) is 26.8. The first kappa shape index (κ1) is 50.7. The van der Waals surface area contributed by atoms with Gasteiger partial charge in [-0.05, 0) is 166 Å². The maximum Gasteiger partial charge on any atom is 0.309 e. The lowest BCUT2D eigenvalue weighted by molar-refractivity contribution is -0.252. The quantitative estimate of drug-likeness (QED) is 0.116. The van der Waals surface area contributed by atoms with E-state index in [2.05, 4.69) is 74.6 Å². The molecule has 67 heavy (non-hydrogen) atoms. The van der Waals surface area contributed by atoms with Gasteiger partial charge >= 0.3 is 17.9 Å². The van der Waals surface area contributed by atoms with E-state index in [-0.39, 0.29) is 98.0 Å². The third kappa shape index (κ3) is 7.84. The van der Waals surface area contributed by atoms with Gasteiger partial charge in [0, 0.05) is 30.5 Å². The van der Waals surface area contributed by atoms with Crippen molar-refractivity contribution in [1.29, 1.82) is 0 Å². The first-order valence-corrected chi connectivity index (χ1v) is 27.5. The molecule has 14 atom stereocenters. The Bertz CT molecular complexity index is 1920. The number of esters is 3. The Morgan fingerprint density at radius 2 is 1.33 bits per heavy atom. The van der Waals surface area contributed by atoms with Gasteiger partial charge in [-0.25, -0.2) is 0 Å². The molecule has 1 N–H and O–H groups in total. The number of hydrogen-bond donors (Lipinski definition) is 1. The molecule has 1 heterocycles. The highest BCUT2D eigenvalue weighted by Gasteiger charge is 2.73. The topological polar surface area (TPSA) is 128 Å². The van der Waals surface area contributed by atoms with Crippen LogP contribution in [0.25, 0.3) is 0 Å². The van der Waals surface area contributed by atoms with Crippen molar-refractivity contribution in [3.8, 4) is 0 Å². The zero-order chi connectivity index (χ0) is 48.9. The maximum absolute atomic E-state index is 15.2. The van der Waals surface area contributed by atoms with Crippen LogP contribution in [0.15, 0.2) is 0 Å². The molecule has 0 unspecified atom stereocenters. The van der Waals surface area contributed by atoms with Gasteiger partial charge in [-0.2, -0.15) is 0 Å². The molecule has 10 heteroatoms. The third-order valence-electron chi connectivity index (χ3n) is 22.9. The average molecular weight is 933 g/mol. The molecule has 0 aromatic carbocycles. The number of piperidine rings is 1. The molecule has 10 nitrogen and oxygen atoms in total. The second kappa shape index (κ2) is 17.9. The highest BCUT2D eigenvalue weighted by molar-refractivity contribution is 5.86. The molecular formula is C57H92N2O8. The summed E-state index contributed by atoms with van der Waals surface area (Å²) in [5.41, 5.74) is -1.01. The Balaban J connectivity index is 0.940. The minimum absolute atomic E-state index is 0.0371. The van der Waals surface area contributed by atoms with E-state index in [4.69, 9.17) is 14.2 Å². The van der Waals surface area contributed by atoms with Crippen molar-refractivity contribution < 1.29 is 38.2 Å². The molecule has 8 fully saturated rings. The molecule has 0 spiro atoms. The summed E-state index contributed by atoms with van der Waals surface area (Å²) >= 11 is 0. The Kier molecular flexibility index (Phi) is 13.5. The Hall–Kier alpha value is -2.65. The summed E-state index contributed by atoms with van der Waals surface area (Å²) in [6.45, 7) is 31.8. The standard InChI is InChI=1S/C57H92N2O8/c1-14-16-31-66-48(62)39-32-40(51(39,5)6)49(63)67-44-21-24-54(11)41(53(44,9)10)20-25-56(13)42(54)18-17-37-45-36(34(3)4)19-26-57(45,28-27-55(37,56)12)50(64)58-43-33-38(52(43,7)8)46(60)59-29-22-35(23-30-59)47(61)65-15-2/h34-45H,14-33H2,1-13H3,(H,58,64)/t36-,37+,38-,39-,40+,41-,42+,43-,44-,45+,54-,55+,56+,57-/m0/s1. The largest absolute Gasteiger partial charge is 0.466 e. The maximum atomic E-state index is 15.2. The summed E-state index contributed by atoms with van der Waals surface area (Å²) in [6.07, 6.45) is 14.8. The van der Waals surface area contributed by atoms with E-state index in [1.165, 1.54) is 6.42 Å². The molecule has 8 rings (SSSR count). The molecule has 1 aliphatic heterocycles. The highest BCUT2D eigenvalue weighted by Crippen LogP contribution is 2.78. The molecule has 2 amide bonds. The van der Waals surface area contributed by atoms with E-state index in [0.717, 1.165) is 70.6 Å². The van der Waals surface area contributed by atoms with Crippen molar-refractivity contribution in [3.05, 3.63) is 0 Å². The Morgan fingerprint density at radius 3 is 1.96 bits per heavy atom. The summed E-state index contributed by atoms with van der Waals surface area (Å²) in [7, 11) is 0. The summed E-state index contributed by atoms with van der Waals surface area (Å²) in [6, 6.07) is -0.0371. The van der Waals surface area contributed by atoms with Crippen LogP contribution in [0.2, 0.25) is 0 Å². The summed E-state index contributed by atoms with van der Waals surface area (Å²) < 4.78 is 17.5. The lowest BCUT2D eigenvalue weighted by Gasteiger charge is -2.73. The van der Waals surface area contributed by atoms with Crippen LogP contribution in [0.3, 0.4) is 0 Å². The Morgan fingerprint density at radius 1 is 0.642 bits per heavy atom. The van der Waals surface area contributed by atoms with E-state index in [1.54, 1.807) is 0 Å². The van der Waals surface area contributed by atoms with E-state index >= 15 is 4.79 Å². The fourth-order valence-electron chi connectivity index (χ4n) is 18.0. The van der Waals surface area contributed by atoms with Crippen LogP contribution in [-0.4, -0.2) is 73.1 Å². The van der Waals surface area contributed by atoms with E-state index in [9.17, 15) is 19.2 Å². The van der Waals surface area contributed by atoms with E-state index in [0.29, 0.717) is 87.5 Å². The molecule has 1 saturated heterocycles. The van der Waals surface area contributed by atoms with Crippen LogP contribution < -0.4 is 5.32 Å². The molecule has 0 bridgehead atoms. The van der Waals surface area contributed by atoms with Crippen molar-refractivity contribution in [2.75, 3.05) is 26.3 Å². The molecule has 0 radical (unpaired) electrons. The second-order valence-electron chi connectivity index (χ2n) is 26.8. The first-order chi connectivity index (χ1) is 31.4. The van der Waals surface area contributed by atoms with Gasteiger partial charge in [0.15, 0.2) is 0 Å². The van der Waals surface area contributed by atoms with Crippen molar-refractivity contribution in [1.82, 2.24) is 10.2 Å². The van der Waals surface area contributed by atoms with Gasteiger partial charge in [-0.1, -0.05) is 89.5 Å². The van der Waals surface area contributed by atoms with Crippen LogP contribution >= 0.6 is 0 Å². The number of unbranched alkanes of at least 4 members (excludes halogenated alkanes) is 1. The SMILES string of the molecule is CCCCOC(=O)[C@@H]1C[C@H](C(=O)O[C@H]2CC[C@]3(C)[C@H]4CC[C@@H]5[C@H]6[C@H](C(C)C)CC[C@]6(C(=O)N[C@H]6C[C@@H](C(=O)N7CCC(C(=O)OCC)CC7)C6(C)C)CC[C@@]5(C)[C@]4(C)CC[C@H]3C2(C)C)C1(C)C. The summed E-state index contributed by atoms with van der Waals surface area (Å²) in [5, 5.41) is 3.67. The number of rotatable bonds is 12. The summed E-state index contributed by atoms with van der Waals surface area (Å²) in [4.78, 5) is 70.5. The van der Waals surface area contributed by atoms with Crippen molar-refractivity contribution in [3.63, 3.8) is 0 Å². The van der Waals surface area contributed by atoms with E-state index < -0.39 is 5.41 Å². The molecule has 378 valence electrons. The zero-order valence-electron chi connectivity index (χ0n) is 44.3. The minimum atomic E-state index is -0.481. The first-order valence-electron chi connectivity index (χ1n) is 27.5. The fraction of sp³-hybridized carbons (Fsp3) is 0.912. The molecule has 8 aliphatic rings.